The molecule has 4 nitrogen and oxygen atoms in total. The average Bonchev–Trinajstić information content (AvgIpc) is 3.02. The van der Waals surface area contributed by atoms with Crippen molar-refractivity contribution in [2.45, 2.75) is 25.7 Å². The molecule has 0 radical (unpaired) electrons. The zero-order valence-electron chi connectivity index (χ0n) is 14.2. The first-order valence-corrected chi connectivity index (χ1v) is 8.10. The molecule has 0 bridgehead atoms. The first-order valence-electron chi connectivity index (χ1n) is 8.10. The summed E-state index contributed by atoms with van der Waals surface area (Å²) in [7, 11) is 1.72. The van der Waals surface area contributed by atoms with Gasteiger partial charge in [-0.2, -0.15) is 13.2 Å². The second kappa shape index (κ2) is 7.70. The molecule has 0 saturated carbocycles. The van der Waals surface area contributed by atoms with Gasteiger partial charge >= 0.3 is 6.18 Å². The normalized spacial score (nSPS) is 11.9. The Hall–Kier alpha value is -2.67. The van der Waals surface area contributed by atoms with Crippen LogP contribution in [0.15, 0.2) is 59.0 Å². The first kappa shape index (κ1) is 18.1. The molecule has 0 saturated heterocycles. The zero-order chi connectivity index (χ0) is 18.6. The van der Waals surface area contributed by atoms with Crippen LogP contribution in [0.5, 0.6) is 0 Å². The van der Waals surface area contributed by atoms with E-state index in [0.717, 1.165) is 11.6 Å². The molecule has 1 heterocycles. The van der Waals surface area contributed by atoms with Gasteiger partial charge in [0.05, 0.1) is 18.5 Å². The number of hydrogen-bond acceptors (Lipinski definition) is 4. The highest BCUT2D eigenvalue weighted by atomic mass is 19.4. The summed E-state index contributed by atoms with van der Waals surface area (Å²) in [5, 5.41) is 7.99. The van der Waals surface area contributed by atoms with E-state index in [0.29, 0.717) is 18.2 Å². The third kappa shape index (κ3) is 4.70. The highest BCUT2D eigenvalue weighted by Gasteiger charge is 2.33. The summed E-state index contributed by atoms with van der Waals surface area (Å²) in [5.41, 5.74) is 0.642. The van der Waals surface area contributed by atoms with Crippen LogP contribution in [0.1, 0.15) is 28.5 Å². The summed E-state index contributed by atoms with van der Waals surface area (Å²) < 4.78 is 44.8. The highest BCUT2D eigenvalue weighted by molar-refractivity contribution is 5.29. The lowest BCUT2D eigenvalue weighted by Gasteiger charge is -2.18. The monoisotopic (exact) mass is 361 g/mol. The van der Waals surface area contributed by atoms with E-state index in [1.807, 2.05) is 30.3 Å². The topological polar surface area (TPSA) is 42.2 Å². The number of alkyl halides is 3. The minimum atomic E-state index is -4.37. The number of halogens is 3. The van der Waals surface area contributed by atoms with E-state index in [1.165, 1.54) is 12.1 Å². The number of rotatable bonds is 6. The molecule has 0 amide bonds. The quantitative estimate of drug-likeness (QED) is 0.656. The van der Waals surface area contributed by atoms with E-state index in [1.54, 1.807) is 18.0 Å². The van der Waals surface area contributed by atoms with Gasteiger partial charge in [0.1, 0.15) is 0 Å². The molecule has 0 N–H and O–H groups in total. The van der Waals surface area contributed by atoms with Crippen molar-refractivity contribution >= 4 is 0 Å². The van der Waals surface area contributed by atoms with Crippen molar-refractivity contribution < 1.29 is 17.6 Å². The van der Waals surface area contributed by atoms with Crippen LogP contribution in [0.25, 0.3) is 0 Å². The Morgan fingerprint density at radius 3 is 2.27 bits per heavy atom. The average molecular weight is 361 g/mol. The Morgan fingerprint density at radius 1 is 0.885 bits per heavy atom. The van der Waals surface area contributed by atoms with Crippen molar-refractivity contribution in [2.75, 3.05) is 7.05 Å². The lowest BCUT2D eigenvalue weighted by molar-refractivity contribution is -0.138. The van der Waals surface area contributed by atoms with Crippen molar-refractivity contribution in [2.24, 2.45) is 0 Å². The molecule has 136 valence electrons. The van der Waals surface area contributed by atoms with Crippen LogP contribution in [-0.4, -0.2) is 22.1 Å². The molecular weight excluding hydrogens is 343 g/mol. The van der Waals surface area contributed by atoms with E-state index < -0.39 is 11.7 Å². The molecule has 0 aliphatic carbocycles. The molecule has 3 rings (SSSR count). The molecular formula is C19H18F3N3O. The van der Waals surface area contributed by atoms with Gasteiger partial charge in [-0.25, -0.2) is 0 Å². The second-order valence-electron chi connectivity index (χ2n) is 6.08. The third-order valence-electron chi connectivity index (χ3n) is 3.88. The van der Waals surface area contributed by atoms with Gasteiger partial charge in [0, 0.05) is 6.54 Å². The van der Waals surface area contributed by atoms with Gasteiger partial charge in [-0.05, 0) is 24.2 Å². The van der Waals surface area contributed by atoms with Crippen LogP contribution >= 0.6 is 0 Å². The van der Waals surface area contributed by atoms with Gasteiger partial charge in [-0.3, -0.25) is 4.90 Å². The third-order valence-corrected chi connectivity index (χ3v) is 3.88. The Bertz CT molecular complexity index is 846. The minimum absolute atomic E-state index is 0.131. The van der Waals surface area contributed by atoms with E-state index in [4.69, 9.17) is 4.42 Å². The minimum Gasteiger partial charge on any atom is -0.424 e. The van der Waals surface area contributed by atoms with Crippen LogP contribution in [0.2, 0.25) is 0 Å². The van der Waals surface area contributed by atoms with Crippen molar-refractivity contribution in [1.82, 2.24) is 15.1 Å². The van der Waals surface area contributed by atoms with E-state index in [2.05, 4.69) is 10.2 Å². The van der Waals surface area contributed by atoms with Crippen molar-refractivity contribution in [3.8, 4) is 0 Å². The van der Waals surface area contributed by atoms with Gasteiger partial charge in [-0.1, -0.05) is 48.5 Å². The number of aromatic nitrogens is 2. The van der Waals surface area contributed by atoms with Crippen molar-refractivity contribution in [3.05, 3.63) is 83.1 Å². The van der Waals surface area contributed by atoms with Gasteiger partial charge in [0.25, 0.3) is 0 Å². The fourth-order valence-electron chi connectivity index (χ4n) is 2.71. The highest BCUT2D eigenvalue weighted by Crippen LogP contribution is 2.32. The second-order valence-corrected chi connectivity index (χ2v) is 6.08. The summed E-state index contributed by atoms with van der Waals surface area (Å²) in [5.74, 6) is 0.859. The van der Waals surface area contributed by atoms with Crippen LogP contribution in [-0.2, 0) is 25.7 Å². The molecule has 1 aromatic heterocycles. The molecule has 26 heavy (non-hydrogen) atoms. The van der Waals surface area contributed by atoms with Crippen LogP contribution in [0, 0.1) is 0 Å². The Balaban J connectivity index is 1.64. The maximum Gasteiger partial charge on any atom is 0.416 e. The maximum absolute atomic E-state index is 13.1. The molecule has 0 atom stereocenters. The molecule has 7 heteroatoms. The standard InChI is InChI=1S/C19H18F3N3O/c1-25(12-15-9-5-6-10-16(15)19(20,21)22)13-18-24-23-17(26-18)11-14-7-3-2-4-8-14/h2-10H,11-13H2,1H3. The van der Waals surface area contributed by atoms with Crippen LogP contribution in [0.3, 0.4) is 0 Å². The van der Waals surface area contributed by atoms with Crippen molar-refractivity contribution in [1.29, 1.82) is 0 Å². The van der Waals surface area contributed by atoms with Crippen LogP contribution < -0.4 is 0 Å². The molecule has 3 aromatic rings. The lowest BCUT2D eigenvalue weighted by atomic mass is 10.1. The molecule has 0 spiro atoms. The molecule has 0 fully saturated rings. The molecule has 2 aromatic carbocycles. The largest absolute Gasteiger partial charge is 0.424 e. The molecule has 0 aliphatic heterocycles. The summed E-state index contributed by atoms with van der Waals surface area (Å²) in [6.07, 6.45) is -3.85. The fourth-order valence-corrected chi connectivity index (χ4v) is 2.71. The lowest BCUT2D eigenvalue weighted by Crippen LogP contribution is -2.20. The Morgan fingerprint density at radius 2 is 1.54 bits per heavy atom. The predicted molar refractivity (Wildman–Crippen MR) is 90.2 cm³/mol. The number of hydrogen-bond donors (Lipinski definition) is 0. The van der Waals surface area contributed by atoms with E-state index in [-0.39, 0.29) is 18.7 Å². The number of nitrogens with zero attached hydrogens (tertiary/aromatic N) is 3. The molecule has 0 unspecified atom stereocenters. The smallest absolute Gasteiger partial charge is 0.416 e. The van der Waals surface area contributed by atoms with Gasteiger partial charge in [0.2, 0.25) is 11.8 Å². The van der Waals surface area contributed by atoms with Gasteiger partial charge < -0.3 is 4.42 Å². The SMILES string of the molecule is CN(Cc1nnc(Cc2ccccc2)o1)Cc1ccccc1C(F)(F)F. The first-order chi connectivity index (χ1) is 12.4. The molecule has 0 aliphatic rings. The summed E-state index contributed by atoms with van der Waals surface area (Å²) >= 11 is 0. The van der Waals surface area contributed by atoms with Crippen molar-refractivity contribution in [3.63, 3.8) is 0 Å². The zero-order valence-corrected chi connectivity index (χ0v) is 14.2. The summed E-state index contributed by atoms with van der Waals surface area (Å²) in [4.78, 5) is 1.71. The van der Waals surface area contributed by atoms with E-state index in [9.17, 15) is 13.2 Å². The summed E-state index contributed by atoms with van der Waals surface area (Å²) in [6.45, 7) is 0.403. The van der Waals surface area contributed by atoms with Gasteiger partial charge in [0.15, 0.2) is 0 Å². The predicted octanol–water partition coefficient (Wildman–Crippen LogP) is 4.31. The van der Waals surface area contributed by atoms with E-state index >= 15 is 0 Å². The maximum atomic E-state index is 13.1. The summed E-state index contributed by atoms with van der Waals surface area (Å²) in [6, 6.07) is 15.3. The Labute approximate surface area is 149 Å². The van der Waals surface area contributed by atoms with Gasteiger partial charge in [-0.15, -0.1) is 10.2 Å². The number of benzene rings is 2. The fraction of sp³-hybridized carbons (Fsp3) is 0.263. The van der Waals surface area contributed by atoms with Crippen LogP contribution in [0.4, 0.5) is 13.2 Å². The Kier molecular flexibility index (Phi) is 5.37.